The van der Waals surface area contributed by atoms with Crippen LogP contribution in [0.2, 0.25) is 0 Å². The van der Waals surface area contributed by atoms with Crippen LogP contribution in [0.4, 0.5) is 0 Å². The van der Waals surface area contributed by atoms with Crippen molar-refractivity contribution in [3.8, 4) is 0 Å². The minimum Gasteiger partial charge on any atom is -0.387 e. The Balaban J connectivity index is 4.17. The van der Waals surface area contributed by atoms with Gasteiger partial charge in [-0.25, -0.2) is 0 Å². The number of allylic oxidation sites excluding steroid dienone is 5. The van der Waals surface area contributed by atoms with E-state index < -0.39 is 40.0 Å². The van der Waals surface area contributed by atoms with Crippen LogP contribution in [0.25, 0.3) is 0 Å². The molecule has 0 radical (unpaired) electrons. The van der Waals surface area contributed by atoms with Gasteiger partial charge in [0.1, 0.15) is 6.10 Å². The number of unbranched alkanes of at least 4 members (excludes halogenated alkanes) is 19. The summed E-state index contributed by atoms with van der Waals surface area (Å²) in [7, 11) is -4.45. The Kier molecular flexibility index (Phi) is 30.1. The van der Waals surface area contributed by atoms with Gasteiger partial charge in [0.25, 0.3) is 10.1 Å². The molecule has 0 saturated heterocycles. The number of carbonyl (C=O) groups is 1. The third-order valence-electron chi connectivity index (χ3n) is 8.15. The van der Waals surface area contributed by atoms with Crippen LogP contribution in [0.3, 0.4) is 0 Å². The summed E-state index contributed by atoms with van der Waals surface area (Å²) < 4.78 is 32.3. The van der Waals surface area contributed by atoms with Gasteiger partial charge in [-0.2, -0.15) is 8.42 Å². The first-order chi connectivity index (χ1) is 21.7. The normalized spacial score (nSPS) is 14.5. The summed E-state index contributed by atoms with van der Waals surface area (Å²) >= 11 is 0. The highest BCUT2D eigenvalue weighted by atomic mass is 32.2. The van der Waals surface area contributed by atoms with Gasteiger partial charge in [0, 0.05) is 0 Å². The third kappa shape index (κ3) is 30.9. The highest BCUT2D eigenvalue weighted by Crippen LogP contribution is 2.14. The van der Waals surface area contributed by atoms with Crippen LogP contribution in [0.15, 0.2) is 36.5 Å². The molecule has 0 spiro atoms. The van der Waals surface area contributed by atoms with Crippen LogP contribution in [0.5, 0.6) is 0 Å². The Labute approximate surface area is 277 Å². The summed E-state index contributed by atoms with van der Waals surface area (Å²) in [5, 5.41) is 23.2. The van der Waals surface area contributed by atoms with Crippen LogP contribution in [0, 0.1) is 0 Å². The van der Waals surface area contributed by atoms with Crippen molar-refractivity contribution in [1.29, 1.82) is 0 Å². The van der Waals surface area contributed by atoms with E-state index in [1.165, 1.54) is 96.0 Å². The van der Waals surface area contributed by atoms with E-state index in [1.54, 1.807) is 6.08 Å². The van der Waals surface area contributed by atoms with E-state index in [0.717, 1.165) is 44.9 Å². The molecule has 1 amide bonds. The highest BCUT2D eigenvalue weighted by molar-refractivity contribution is 7.85. The average molecular weight is 656 g/mol. The van der Waals surface area contributed by atoms with Crippen LogP contribution in [0.1, 0.15) is 168 Å². The number of carbonyl (C=O) groups excluding carboxylic acids is 1. The number of rotatable bonds is 32. The van der Waals surface area contributed by atoms with E-state index in [-0.39, 0.29) is 6.42 Å². The highest BCUT2D eigenvalue weighted by Gasteiger charge is 2.27. The summed E-state index contributed by atoms with van der Waals surface area (Å²) in [6, 6.07) is -1.25. The molecule has 0 heterocycles. The SMILES string of the molecule is CCCCC/C=C/CC/C=C/CC/C=C/C(O)C(CS(=O)(=O)O)NC(=O)C(O)CCCCCCCCCCCCCCCCC. The zero-order valence-electron chi connectivity index (χ0n) is 28.8. The van der Waals surface area contributed by atoms with Crippen molar-refractivity contribution in [3.05, 3.63) is 36.5 Å². The zero-order valence-corrected chi connectivity index (χ0v) is 29.7. The summed E-state index contributed by atoms with van der Waals surface area (Å²) in [5.74, 6) is -1.56. The van der Waals surface area contributed by atoms with Gasteiger partial charge in [-0.1, -0.05) is 159 Å². The first-order valence-corrected chi connectivity index (χ1v) is 19.9. The van der Waals surface area contributed by atoms with Gasteiger partial charge in [-0.05, 0) is 44.9 Å². The zero-order chi connectivity index (χ0) is 33.4. The van der Waals surface area contributed by atoms with Crippen LogP contribution in [-0.2, 0) is 14.9 Å². The maximum Gasteiger partial charge on any atom is 0.267 e. The van der Waals surface area contributed by atoms with E-state index in [1.807, 2.05) is 0 Å². The van der Waals surface area contributed by atoms with Crippen molar-refractivity contribution in [2.24, 2.45) is 0 Å². The summed E-state index contributed by atoms with van der Waals surface area (Å²) in [6.45, 7) is 4.45. The van der Waals surface area contributed by atoms with Crippen molar-refractivity contribution >= 4 is 16.0 Å². The maximum absolute atomic E-state index is 12.5. The molecule has 7 nitrogen and oxygen atoms in total. The number of hydrogen-bond acceptors (Lipinski definition) is 5. The van der Waals surface area contributed by atoms with Crippen molar-refractivity contribution in [1.82, 2.24) is 5.32 Å². The molecule has 264 valence electrons. The topological polar surface area (TPSA) is 124 Å². The molecule has 0 aromatic rings. The second-order valence-electron chi connectivity index (χ2n) is 12.6. The van der Waals surface area contributed by atoms with E-state index in [9.17, 15) is 28.0 Å². The Morgan fingerprint density at radius 1 is 0.600 bits per heavy atom. The average Bonchev–Trinajstić information content (AvgIpc) is 3.00. The van der Waals surface area contributed by atoms with Gasteiger partial charge in [0.05, 0.1) is 17.9 Å². The quantitative estimate of drug-likeness (QED) is 0.0326. The predicted octanol–water partition coefficient (Wildman–Crippen LogP) is 9.15. The lowest BCUT2D eigenvalue weighted by molar-refractivity contribution is -0.130. The molecular weight excluding hydrogens is 586 g/mol. The van der Waals surface area contributed by atoms with Gasteiger partial charge < -0.3 is 15.5 Å². The largest absolute Gasteiger partial charge is 0.387 e. The van der Waals surface area contributed by atoms with Crippen molar-refractivity contribution < 1.29 is 28.0 Å². The fourth-order valence-electron chi connectivity index (χ4n) is 5.31. The van der Waals surface area contributed by atoms with Gasteiger partial charge in [-0.15, -0.1) is 0 Å². The van der Waals surface area contributed by atoms with E-state index in [2.05, 4.69) is 43.5 Å². The molecule has 0 aliphatic rings. The lowest BCUT2D eigenvalue weighted by Gasteiger charge is -2.22. The van der Waals surface area contributed by atoms with Crippen molar-refractivity contribution in [3.63, 3.8) is 0 Å². The van der Waals surface area contributed by atoms with Crippen molar-refractivity contribution in [2.45, 2.75) is 186 Å². The number of aliphatic hydroxyl groups is 2. The Hall–Kier alpha value is -1.48. The molecule has 0 rings (SSSR count). The monoisotopic (exact) mass is 655 g/mol. The molecule has 0 fully saturated rings. The first kappa shape index (κ1) is 43.5. The summed E-state index contributed by atoms with van der Waals surface area (Å²) in [5.41, 5.74) is 0. The van der Waals surface area contributed by atoms with E-state index >= 15 is 0 Å². The van der Waals surface area contributed by atoms with Crippen LogP contribution < -0.4 is 5.32 Å². The molecule has 3 unspecified atom stereocenters. The second kappa shape index (κ2) is 31.1. The summed E-state index contributed by atoms with van der Waals surface area (Å²) in [4.78, 5) is 12.5. The summed E-state index contributed by atoms with van der Waals surface area (Å²) in [6.07, 6.45) is 36.3. The lowest BCUT2D eigenvalue weighted by Crippen LogP contribution is -2.50. The maximum atomic E-state index is 12.5. The smallest absolute Gasteiger partial charge is 0.267 e. The second-order valence-corrected chi connectivity index (χ2v) is 14.1. The van der Waals surface area contributed by atoms with Gasteiger partial charge in [0.2, 0.25) is 5.91 Å². The lowest BCUT2D eigenvalue weighted by atomic mass is 10.0. The minimum absolute atomic E-state index is 0.273. The fraction of sp³-hybridized carbons (Fsp3) is 0.811. The molecule has 0 aromatic heterocycles. The molecule has 4 N–H and O–H groups in total. The first-order valence-electron chi connectivity index (χ1n) is 18.3. The standard InChI is InChI=1S/C37H69NO6S/c1-3-5-7-9-11-13-15-17-18-20-22-24-26-28-30-32-36(40)37(41)38-34(33-45(42,43)44)35(39)31-29-27-25-23-21-19-16-14-12-10-8-6-4-2/h12,14,21,23,29,31,34-36,39-40H,3-11,13,15-20,22,24-28,30,32-33H2,1-2H3,(H,38,41)(H,42,43,44)/b14-12+,23-21+,31-29+. The Morgan fingerprint density at radius 2 is 1.00 bits per heavy atom. The Bertz CT molecular complexity index is 870. The van der Waals surface area contributed by atoms with Gasteiger partial charge in [0.15, 0.2) is 0 Å². The van der Waals surface area contributed by atoms with Gasteiger partial charge >= 0.3 is 0 Å². The van der Waals surface area contributed by atoms with Gasteiger partial charge in [-0.3, -0.25) is 9.35 Å². The molecule has 0 aromatic carbocycles. The fourth-order valence-corrected chi connectivity index (χ4v) is 6.04. The van der Waals surface area contributed by atoms with E-state index in [4.69, 9.17) is 0 Å². The number of amides is 1. The van der Waals surface area contributed by atoms with E-state index in [0.29, 0.717) is 12.8 Å². The minimum atomic E-state index is -4.45. The predicted molar refractivity (Wildman–Crippen MR) is 190 cm³/mol. The molecule has 45 heavy (non-hydrogen) atoms. The van der Waals surface area contributed by atoms with Crippen molar-refractivity contribution in [2.75, 3.05) is 5.75 Å². The Morgan fingerprint density at radius 3 is 1.47 bits per heavy atom. The molecule has 8 heteroatoms. The molecule has 3 atom stereocenters. The number of hydrogen-bond donors (Lipinski definition) is 4. The third-order valence-corrected chi connectivity index (χ3v) is 8.94. The van der Waals surface area contributed by atoms with Crippen LogP contribution >= 0.6 is 0 Å². The molecule has 0 bridgehead atoms. The number of aliphatic hydroxyl groups excluding tert-OH is 2. The molecule has 0 saturated carbocycles. The molecular formula is C37H69NO6S. The number of nitrogens with one attached hydrogen (secondary N) is 1. The molecule has 0 aliphatic carbocycles. The molecule has 0 aliphatic heterocycles. The van der Waals surface area contributed by atoms with Crippen LogP contribution in [-0.4, -0.2) is 53.1 Å².